The predicted octanol–water partition coefficient (Wildman–Crippen LogP) is 3.59. The van der Waals surface area contributed by atoms with Crippen molar-refractivity contribution in [1.82, 2.24) is 24.6 Å². The van der Waals surface area contributed by atoms with E-state index in [-0.39, 0.29) is 12.2 Å². The molecular weight excluding hydrogens is 496 g/mol. The molecule has 198 valence electrons. The molecule has 1 aliphatic rings. The van der Waals surface area contributed by atoms with E-state index in [9.17, 15) is 13.6 Å². The standard InChI is InChI=1S/C26H27F2N7O3/c27-21-3-1-4-22(25(21)28)33-24(36)16-35-15-18(14-31-35)32-26-20-6-5-19(13-23(20)29-17-30-26)38-10-2-7-34-8-11-37-12-9-34/h1,3-6,13-15,17H,2,7-12,16H2,(H,33,36)(H,29,30,32). The summed E-state index contributed by atoms with van der Waals surface area (Å²) >= 11 is 0. The summed E-state index contributed by atoms with van der Waals surface area (Å²) in [7, 11) is 0. The average Bonchev–Trinajstić information content (AvgIpc) is 3.36. The lowest BCUT2D eigenvalue weighted by molar-refractivity contribution is -0.116. The second-order valence-corrected chi connectivity index (χ2v) is 8.76. The fourth-order valence-electron chi connectivity index (χ4n) is 4.12. The summed E-state index contributed by atoms with van der Waals surface area (Å²) in [6.45, 7) is 4.90. The number of morpholine rings is 1. The van der Waals surface area contributed by atoms with Crippen LogP contribution < -0.4 is 15.4 Å². The molecule has 4 aromatic rings. The average molecular weight is 524 g/mol. The van der Waals surface area contributed by atoms with Crippen LogP contribution in [0.25, 0.3) is 10.9 Å². The number of rotatable bonds is 10. The smallest absolute Gasteiger partial charge is 0.246 e. The number of hydrogen-bond acceptors (Lipinski definition) is 8. The van der Waals surface area contributed by atoms with Crippen molar-refractivity contribution in [3.63, 3.8) is 0 Å². The second-order valence-electron chi connectivity index (χ2n) is 8.76. The molecule has 2 aromatic heterocycles. The molecule has 38 heavy (non-hydrogen) atoms. The minimum absolute atomic E-state index is 0.186. The summed E-state index contributed by atoms with van der Waals surface area (Å²) in [4.78, 5) is 23.3. The number of hydrogen-bond donors (Lipinski definition) is 2. The Morgan fingerprint density at radius 3 is 2.87 bits per heavy atom. The highest BCUT2D eigenvalue weighted by atomic mass is 19.2. The van der Waals surface area contributed by atoms with Crippen LogP contribution in [0.15, 0.2) is 55.1 Å². The summed E-state index contributed by atoms with van der Waals surface area (Å²) in [5, 5.41) is 10.5. The van der Waals surface area contributed by atoms with E-state index in [2.05, 4.69) is 30.6 Å². The number of carbonyl (C=O) groups excluding carboxylic acids is 1. The number of benzene rings is 2. The van der Waals surface area contributed by atoms with E-state index >= 15 is 0 Å². The lowest BCUT2D eigenvalue weighted by Gasteiger charge is -2.26. The number of nitrogens with zero attached hydrogens (tertiary/aromatic N) is 5. The Kier molecular flexibility index (Phi) is 8.00. The Balaban J connectivity index is 1.17. The van der Waals surface area contributed by atoms with Crippen LogP contribution in [0.3, 0.4) is 0 Å². The zero-order chi connectivity index (χ0) is 26.3. The highest BCUT2D eigenvalue weighted by Crippen LogP contribution is 2.26. The number of nitrogens with one attached hydrogen (secondary N) is 2. The van der Waals surface area contributed by atoms with Gasteiger partial charge in [0.2, 0.25) is 5.91 Å². The molecule has 1 saturated heterocycles. The molecule has 0 saturated carbocycles. The Morgan fingerprint density at radius 1 is 1.13 bits per heavy atom. The van der Waals surface area contributed by atoms with Gasteiger partial charge in [0.05, 0.1) is 42.9 Å². The first-order chi connectivity index (χ1) is 18.5. The van der Waals surface area contributed by atoms with Crippen molar-refractivity contribution in [3.8, 4) is 5.75 Å². The lowest BCUT2D eigenvalue weighted by Crippen LogP contribution is -2.37. The van der Waals surface area contributed by atoms with Crippen molar-refractivity contribution in [2.24, 2.45) is 0 Å². The SMILES string of the molecule is O=C(Cn1cc(Nc2ncnc3cc(OCCCN4CCOCC4)ccc23)cn1)Nc1cccc(F)c1F. The number of halogens is 2. The molecule has 0 radical (unpaired) electrons. The minimum Gasteiger partial charge on any atom is -0.493 e. The first-order valence-corrected chi connectivity index (χ1v) is 12.3. The van der Waals surface area contributed by atoms with Gasteiger partial charge in [-0.15, -0.1) is 0 Å². The van der Waals surface area contributed by atoms with Gasteiger partial charge in [-0.2, -0.15) is 5.10 Å². The minimum atomic E-state index is -1.11. The van der Waals surface area contributed by atoms with E-state index in [0.29, 0.717) is 18.1 Å². The molecule has 0 atom stereocenters. The molecule has 1 fully saturated rings. The van der Waals surface area contributed by atoms with Crippen LogP contribution in [0.2, 0.25) is 0 Å². The topological polar surface area (TPSA) is 106 Å². The molecule has 0 bridgehead atoms. The number of carbonyl (C=O) groups is 1. The molecule has 2 N–H and O–H groups in total. The van der Waals surface area contributed by atoms with Crippen LogP contribution in [0.4, 0.5) is 26.0 Å². The maximum atomic E-state index is 13.8. The molecule has 0 spiro atoms. The first kappa shape index (κ1) is 25.5. The van der Waals surface area contributed by atoms with Gasteiger partial charge in [-0.05, 0) is 30.7 Å². The van der Waals surface area contributed by atoms with Gasteiger partial charge < -0.3 is 20.1 Å². The van der Waals surface area contributed by atoms with Gasteiger partial charge in [0.25, 0.3) is 0 Å². The molecule has 1 aliphatic heterocycles. The summed E-state index contributed by atoms with van der Waals surface area (Å²) < 4.78 is 39.8. The summed E-state index contributed by atoms with van der Waals surface area (Å²) in [5.41, 5.74) is 1.09. The van der Waals surface area contributed by atoms with E-state index in [4.69, 9.17) is 9.47 Å². The van der Waals surface area contributed by atoms with Gasteiger partial charge in [-0.1, -0.05) is 6.07 Å². The number of aromatic nitrogens is 4. The van der Waals surface area contributed by atoms with Crippen molar-refractivity contribution in [2.45, 2.75) is 13.0 Å². The summed E-state index contributed by atoms with van der Waals surface area (Å²) in [5.74, 6) is -1.39. The third kappa shape index (κ3) is 6.39. The van der Waals surface area contributed by atoms with Crippen molar-refractivity contribution in [1.29, 1.82) is 0 Å². The first-order valence-electron chi connectivity index (χ1n) is 12.3. The van der Waals surface area contributed by atoms with Crippen LogP contribution in [0.1, 0.15) is 6.42 Å². The summed E-state index contributed by atoms with van der Waals surface area (Å²) in [6, 6.07) is 9.23. The van der Waals surface area contributed by atoms with Gasteiger partial charge >= 0.3 is 0 Å². The third-order valence-electron chi connectivity index (χ3n) is 6.03. The third-order valence-corrected chi connectivity index (χ3v) is 6.03. The molecule has 1 amide bonds. The summed E-state index contributed by atoms with van der Waals surface area (Å²) in [6.07, 6.45) is 5.53. The number of fused-ring (bicyclic) bond motifs is 1. The molecule has 10 nitrogen and oxygen atoms in total. The molecule has 2 aromatic carbocycles. The predicted molar refractivity (Wildman–Crippen MR) is 137 cm³/mol. The van der Waals surface area contributed by atoms with Crippen molar-refractivity contribution in [3.05, 3.63) is 66.8 Å². The van der Waals surface area contributed by atoms with Gasteiger partial charge in [0.15, 0.2) is 11.6 Å². The van der Waals surface area contributed by atoms with Crippen molar-refractivity contribution in [2.75, 3.05) is 50.1 Å². The quantitative estimate of drug-likeness (QED) is 0.304. The van der Waals surface area contributed by atoms with Crippen molar-refractivity contribution < 1.29 is 23.0 Å². The molecular formula is C26H27F2N7O3. The van der Waals surface area contributed by atoms with E-state index in [1.54, 1.807) is 6.20 Å². The molecule has 0 aliphatic carbocycles. The molecule has 0 unspecified atom stereocenters. The molecule has 5 rings (SSSR count). The monoisotopic (exact) mass is 523 g/mol. The highest BCUT2D eigenvalue weighted by molar-refractivity contribution is 5.92. The Hall–Kier alpha value is -4.16. The van der Waals surface area contributed by atoms with Crippen LogP contribution in [0.5, 0.6) is 5.75 Å². The van der Waals surface area contributed by atoms with E-state index in [1.165, 1.54) is 29.3 Å². The number of amides is 1. The second kappa shape index (κ2) is 11.9. The fourth-order valence-corrected chi connectivity index (χ4v) is 4.12. The van der Waals surface area contributed by atoms with Crippen LogP contribution in [0, 0.1) is 11.6 Å². The lowest BCUT2D eigenvalue weighted by atomic mass is 10.2. The van der Waals surface area contributed by atoms with Gasteiger partial charge in [-0.3, -0.25) is 14.4 Å². The zero-order valence-electron chi connectivity index (χ0n) is 20.6. The number of ether oxygens (including phenoxy) is 2. The maximum absolute atomic E-state index is 13.8. The largest absolute Gasteiger partial charge is 0.493 e. The Morgan fingerprint density at radius 2 is 2.00 bits per heavy atom. The fraction of sp³-hybridized carbons (Fsp3) is 0.308. The highest BCUT2D eigenvalue weighted by Gasteiger charge is 2.13. The van der Waals surface area contributed by atoms with Crippen molar-refractivity contribution >= 4 is 34.0 Å². The van der Waals surface area contributed by atoms with Gasteiger partial charge in [-0.25, -0.2) is 18.7 Å². The van der Waals surface area contributed by atoms with E-state index in [0.717, 1.165) is 62.0 Å². The molecule has 3 heterocycles. The van der Waals surface area contributed by atoms with E-state index in [1.807, 2.05) is 18.2 Å². The maximum Gasteiger partial charge on any atom is 0.246 e. The van der Waals surface area contributed by atoms with Crippen LogP contribution in [-0.4, -0.2) is 70.0 Å². The Bertz CT molecular complexity index is 1410. The molecule has 12 heteroatoms. The number of anilines is 3. The van der Waals surface area contributed by atoms with Gasteiger partial charge in [0.1, 0.15) is 24.4 Å². The van der Waals surface area contributed by atoms with Gasteiger partial charge in [0, 0.05) is 37.3 Å². The normalized spacial score (nSPS) is 13.9. The van der Waals surface area contributed by atoms with Crippen LogP contribution >= 0.6 is 0 Å². The van der Waals surface area contributed by atoms with Crippen LogP contribution in [-0.2, 0) is 16.1 Å². The Labute approximate surface area is 217 Å². The van der Waals surface area contributed by atoms with E-state index < -0.39 is 17.5 Å². The zero-order valence-corrected chi connectivity index (χ0v) is 20.6.